The summed E-state index contributed by atoms with van der Waals surface area (Å²) in [5.41, 5.74) is 8.23. The topological polar surface area (TPSA) is 38.1 Å². The van der Waals surface area contributed by atoms with Crippen molar-refractivity contribution >= 4 is 5.91 Å². The molecule has 0 atom stereocenters. The molecule has 4 rings (SSSR count). The first-order valence-electron chi connectivity index (χ1n) is 10.5. The van der Waals surface area contributed by atoms with Crippen molar-refractivity contribution in [3.05, 3.63) is 82.2 Å². The van der Waals surface area contributed by atoms with Crippen LogP contribution >= 0.6 is 0 Å². The number of carbonyl (C=O) groups is 1. The lowest BCUT2D eigenvalue weighted by Gasteiger charge is -2.19. The third kappa shape index (κ3) is 4.12. The summed E-state index contributed by atoms with van der Waals surface area (Å²) in [4.78, 5) is 14.7. The number of benzene rings is 2. The van der Waals surface area contributed by atoms with Crippen LogP contribution in [-0.2, 0) is 30.6 Å². The highest BCUT2D eigenvalue weighted by Crippen LogP contribution is 2.23. The van der Waals surface area contributed by atoms with Gasteiger partial charge in [0.25, 0.3) is 0 Å². The first-order chi connectivity index (χ1) is 14.0. The van der Waals surface area contributed by atoms with E-state index in [0.717, 1.165) is 34.6 Å². The van der Waals surface area contributed by atoms with E-state index in [1.54, 1.807) is 0 Å². The zero-order valence-corrected chi connectivity index (χ0v) is 17.6. The van der Waals surface area contributed by atoms with E-state index >= 15 is 0 Å². The zero-order chi connectivity index (χ0) is 20.4. The Hall–Kier alpha value is -2.88. The van der Waals surface area contributed by atoms with Crippen LogP contribution in [0.5, 0.6) is 0 Å². The molecule has 2 aromatic carbocycles. The second-order valence-corrected chi connectivity index (χ2v) is 8.13. The Labute approximate surface area is 173 Å². The number of aromatic nitrogens is 2. The average Bonchev–Trinajstić information content (AvgIpc) is 3.02. The van der Waals surface area contributed by atoms with Crippen molar-refractivity contribution in [2.45, 2.75) is 52.5 Å². The van der Waals surface area contributed by atoms with Gasteiger partial charge in [-0.3, -0.25) is 4.79 Å². The van der Waals surface area contributed by atoms with Crippen LogP contribution in [0.2, 0.25) is 0 Å². The summed E-state index contributed by atoms with van der Waals surface area (Å²) in [6.45, 7) is 4.67. The fourth-order valence-electron chi connectivity index (χ4n) is 4.26. The number of hydrogen-bond donors (Lipinski definition) is 0. The molecule has 0 aliphatic heterocycles. The standard InChI is InChI=1S/C25H29N3O/c1-18-24(19(2)28(26-18)23-11-5-4-6-12-23)17-27(3)25(29)16-20-13-14-21-9-7-8-10-22(21)15-20/h4-6,11-15H,7-10,16-17H2,1-3H3. The number of fused-ring (bicyclic) bond motifs is 1. The number of likely N-dealkylation sites (N-methyl/N-ethyl adjacent to an activating group) is 1. The highest BCUT2D eigenvalue weighted by atomic mass is 16.2. The van der Waals surface area contributed by atoms with Gasteiger partial charge in [-0.25, -0.2) is 4.68 Å². The summed E-state index contributed by atoms with van der Waals surface area (Å²) in [6.07, 6.45) is 5.31. The molecule has 1 heterocycles. The van der Waals surface area contributed by atoms with Gasteiger partial charge >= 0.3 is 0 Å². The Morgan fingerprint density at radius 2 is 1.76 bits per heavy atom. The normalized spacial score (nSPS) is 13.2. The van der Waals surface area contributed by atoms with E-state index in [0.29, 0.717) is 13.0 Å². The summed E-state index contributed by atoms with van der Waals surface area (Å²) in [5.74, 6) is 0.145. The van der Waals surface area contributed by atoms with Crippen LogP contribution in [0.1, 0.15) is 46.5 Å². The van der Waals surface area contributed by atoms with Gasteiger partial charge in [-0.05, 0) is 68.4 Å². The van der Waals surface area contributed by atoms with Gasteiger partial charge in [-0.2, -0.15) is 5.10 Å². The van der Waals surface area contributed by atoms with E-state index < -0.39 is 0 Å². The molecule has 1 aromatic heterocycles. The smallest absolute Gasteiger partial charge is 0.227 e. The summed E-state index contributed by atoms with van der Waals surface area (Å²) in [5, 5.41) is 4.70. The lowest BCUT2D eigenvalue weighted by molar-refractivity contribution is -0.129. The lowest BCUT2D eigenvalue weighted by Crippen LogP contribution is -2.28. The third-order valence-electron chi connectivity index (χ3n) is 6.03. The summed E-state index contributed by atoms with van der Waals surface area (Å²) < 4.78 is 1.96. The molecule has 0 bridgehead atoms. The fourth-order valence-corrected chi connectivity index (χ4v) is 4.26. The van der Waals surface area contributed by atoms with Gasteiger partial charge in [0.15, 0.2) is 0 Å². The second kappa shape index (κ2) is 8.24. The number of para-hydroxylation sites is 1. The number of hydrogen-bond acceptors (Lipinski definition) is 2. The van der Waals surface area contributed by atoms with Gasteiger partial charge < -0.3 is 4.90 Å². The Morgan fingerprint density at radius 1 is 1.03 bits per heavy atom. The molecule has 1 aliphatic rings. The molecule has 0 saturated carbocycles. The van der Waals surface area contributed by atoms with E-state index in [-0.39, 0.29) is 5.91 Å². The Bertz CT molecular complexity index is 1020. The molecule has 0 radical (unpaired) electrons. The minimum Gasteiger partial charge on any atom is -0.341 e. The Morgan fingerprint density at radius 3 is 2.52 bits per heavy atom. The number of carbonyl (C=O) groups excluding carboxylic acids is 1. The molecule has 4 nitrogen and oxygen atoms in total. The van der Waals surface area contributed by atoms with Crippen LogP contribution in [0, 0.1) is 13.8 Å². The van der Waals surface area contributed by atoms with E-state index in [4.69, 9.17) is 5.10 Å². The average molecular weight is 388 g/mol. The van der Waals surface area contributed by atoms with Gasteiger partial charge in [0, 0.05) is 24.8 Å². The monoisotopic (exact) mass is 387 g/mol. The molecule has 1 amide bonds. The highest BCUT2D eigenvalue weighted by Gasteiger charge is 2.18. The Kier molecular flexibility index (Phi) is 5.52. The quantitative estimate of drug-likeness (QED) is 0.643. The molecule has 0 spiro atoms. The van der Waals surface area contributed by atoms with Crippen LogP contribution in [0.15, 0.2) is 48.5 Å². The first-order valence-corrected chi connectivity index (χ1v) is 10.5. The molecule has 29 heavy (non-hydrogen) atoms. The van der Waals surface area contributed by atoms with Gasteiger partial charge in [0.05, 0.1) is 17.8 Å². The summed E-state index contributed by atoms with van der Waals surface area (Å²) >= 11 is 0. The van der Waals surface area contributed by atoms with E-state index in [1.165, 1.54) is 30.4 Å². The number of nitrogens with zero attached hydrogens (tertiary/aromatic N) is 3. The molecule has 0 fully saturated rings. The van der Waals surface area contributed by atoms with Crippen molar-refractivity contribution < 1.29 is 4.79 Å². The van der Waals surface area contributed by atoms with Crippen molar-refractivity contribution in [1.29, 1.82) is 0 Å². The predicted octanol–water partition coefficient (Wildman–Crippen LogP) is 4.57. The highest BCUT2D eigenvalue weighted by molar-refractivity contribution is 5.78. The van der Waals surface area contributed by atoms with Gasteiger partial charge in [-0.15, -0.1) is 0 Å². The van der Waals surface area contributed by atoms with Crippen molar-refractivity contribution in [3.63, 3.8) is 0 Å². The molecule has 0 N–H and O–H groups in total. The molecule has 150 valence electrons. The Balaban J connectivity index is 1.47. The van der Waals surface area contributed by atoms with Crippen LogP contribution < -0.4 is 0 Å². The summed E-state index contributed by atoms with van der Waals surface area (Å²) in [6, 6.07) is 16.7. The molecular formula is C25H29N3O. The zero-order valence-electron chi connectivity index (χ0n) is 17.6. The minimum atomic E-state index is 0.145. The van der Waals surface area contributed by atoms with Gasteiger partial charge in [0.2, 0.25) is 5.91 Å². The first kappa shape index (κ1) is 19.4. The van der Waals surface area contributed by atoms with Crippen LogP contribution in [0.3, 0.4) is 0 Å². The van der Waals surface area contributed by atoms with E-state index in [2.05, 4.69) is 25.1 Å². The maximum absolute atomic E-state index is 12.9. The molecule has 1 aliphatic carbocycles. The van der Waals surface area contributed by atoms with E-state index in [1.807, 2.05) is 53.9 Å². The van der Waals surface area contributed by atoms with Crippen molar-refractivity contribution in [3.8, 4) is 5.69 Å². The number of rotatable bonds is 5. The SMILES string of the molecule is Cc1nn(-c2ccccc2)c(C)c1CN(C)C(=O)Cc1ccc2c(c1)CCCC2. The molecule has 4 heteroatoms. The number of aryl methyl sites for hydroxylation is 3. The van der Waals surface area contributed by atoms with Crippen molar-refractivity contribution in [1.82, 2.24) is 14.7 Å². The lowest BCUT2D eigenvalue weighted by atomic mass is 9.90. The van der Waals surface area contributed by atoms with Crippen molar-refractivity contribution in [2.24, 2.45) is 0 Å². The maximum Gasteiger partial charge on any atom is 0.227 e. The van der Waals surface area contributed by atoms with Crippen LogP contribution in [0.25, 0.3) is 5.69 Å². The molecular weight excluding hydrogens is 358 g/mol. The second-order valence-electron chi connectivity index (χ2n) is 8.13. The van der Waals surface area contributed by atoms with Gasteiger partial charge in [-0.1, -0.05) is 36.4 Å². The maximum atomic E-state index is 12.9. The van der Waals surface area contributed by atoms with Crippen LogP contribution in [0.4, 0.5) is 0 Å². The summed E-state index contributed by atoms with van der Waals surface area (Å²) in [7, 11) is 1.89. The minimum absolute atomic E-state index is 0.145. The van der Waals surface area contributed by atoms with E-state index in [9.17, 15) is 4.79 Å². The molecule has 0 saturated heterocycles. The van der Waals surface area contributed by atoms with Crippen LogP contribution in [-0.4, -0.2) is 27.6 Å². The largest absolute Gasteiger partial charge is 0.341 e. The van der Waals surface area contributed by atoms with Gasteiger partial charge in [0.1, 0.15) is 0 Å². The fraction of sp³-hybridized carbons (Fsp3) is 0.360. The number of amides is 1. The molecule has 3 aromatic rings. The third-order valence-corrected chi connectivity index (χ3v) is 6.03. The predicted molar refractivity (Wildman–Crippen MR) is 116 cm³/mol. The molecule has 0 unspecified atom stereocenters. The van der Waals surface area contributed by atoms with Crippen molar-refractivity contribution in [2.75, 3.05) is 7.05 Å².